The number of nitrogens with zero attached hydrogens (tertiary/aromatic N) is 2. The van der Waals surface area contributed by atoms with Gasteiger partial charge in [-0.25, -0.2) is 4.98 Å². The second-order valence-corrected chi connectivity index (χ2v) is 6.24. The van der Waals surface area contributed by atoms with E-state index in [4.69, 9.17) is 11.6 Å². The summed E-state index contributed by atoms with van der Waals surface area (Å²) in [6.45, 7) is 4.73. The van der Waals surface area contributed by atoms with Crippen LogP contribution in [0.1, 0.15) is 23.9 Å². The highest BCUT2D eigenvalue weighted by Crippen LogP contribution is 2.19. The Bertz CT molecular complexity index is 528. The number of aromatic nitrogens is 1. The molecular weight excluding hydrogens is 290 g/mol. The van der Waals surface area contributed by atoms with Crippen LogP contribution in [0.15, 0.2) is 29.6 Å². The minimum absolute atomic E-state index is 0.727. The number of rotatable bonds is 7. The van der Waals surface area contributed by atoms with Gasteiger partial charge in [0.2, 0.25) is 0 Å². The molecule has 0 saturated carbocycles. The highest BCUT2D eigenvalue weighted by Gasteiger charge is 2.08. The van der Waals surface area contributed by atoms with E-state index in [9.17, 15) is 0 Å². The summed E-state index contributed by atoms with van der Waals surface area (Å²) < 4.78 is 0. The van der Waals surface area contributed by atoms with Crippen LogP contribution in [-0.4, -0.2) is 23.5 Å². The maximum absolute atomic E-state index is 6.24. The van der Waals surface area contributed by atoms with Gasteiger partial charge in [-0.1, -0.05) is 24.6 Å². The van der Waals surface area contributed by atoms with Crippen molar-refractivity contribution in [1.82, 2.24) is 9.88 Å². The van der Waals surface area contributed by atoms with Crippen LogP contribution in [0, 0.1) is 0 Å². The van der Waals surface area contributed by atoms with Crippen molar-refractivity contribution < 1.29 is 0 Å². The number of pyridine rings is 1. The standard InChI is InChI=1S/C15H20ClN3S/c1-3-8-17-15-7-6-13(16)14(18-15)11-19(2)10-12-5-4-9-20-12/h4-7,9H,3,8,10-11H2,1-2H3,(H,17,18). The molecule has 1 N–H and O–H groups in total. The first-order valence-electron chi connectivity index (χ1n) is 6.79. The van der Waals surface area contributed by atoms with Crippen molar-refractivity contribution >= 4 is 28.8 Å². The Labute approximate surface area is 129 Å². The van der Waals surface area contributed by atoms with Crippen LogP contribution in [0.25, 0.3) is 0 Å². The van der Waals surface area contributed by atoms with Crippen LogP contribution >= 0.6 is 22.9 Å². The molecule has 0 saturated heterocycles. The fourth-order valence-corrected chi connectivity index (χ4v) is 2.88. The van der Waals surface area contributed by atoms with E-state index in [1.807, 2.05) is 12.1 Å². The predicted octanol–water partition coefficient (Wildman–Crippen LogP) is 4.25. The molecule has 0 fully saturated rings. The fourth-order valence-electron chi connectivity index (χ4n) is 1.93. The van der Waals surface area contributed by atoms with Gasteiger partial charge in [0.25, 0.3) is 0 Å². The van der Waals surface area contributed by atoms with E-state index in [0.29, 0.717) is 0 Å². The summed E-state index contributed by atoms with van der Waals surface area (Å²) in [5, 5.41) is 6.12. The summed E-state index contributed by atoms with van der Waals surface area (Å²) in [5.41, 5.74) is 0.923. The zero-order valence-electron chi connectivity index (χ0n) is 11.9. The van der Waals surface area contributed by atoms with E-state index in [1.54, 1.807) is 11.3 Å². The van der Waals surface area contributed by atoms with Crippen molar-refractivity contribution in [2.75, 3.05) is 18.9 Å². The average Bonchev–Trinajstić information content (AvgIpc) is 2.92. The minimum atomic E-state index is 0.727. The van der Waals surface area contributed by atoms with Gasteiger partial charge < -0.3 is 5.32 Å². The third-order valence-corrected chi connectivity index (χ3v) is 4.11. The number of nitrogens with one attached hydrogen (secondary N) is 1. The predicted molar refractivity (Wildman–Crippen MR) is 87.5 cm³/mol. The Balaban J connectivity index is 2.00. The quantitative estimate of drug-likeness (QED) is 0.828. The van der Waals surface area contributed by atoms with Crippen LogP contribution in [0.3, 0.4) is 0 Å². The van der Waals surface area contributed by atoms with E-state index in [-0.39, 0.29) is 0 Å². The van der Waals surface area contributed by atoms with Gasteiger partial charge in [-0.05, 0) is 37.0 Å². The Morgan fingerprint density at radius 2 is 2.15 bits per heavy atom. The summed E-state index contributed by atoms with van der Waals surface area (Å²) >= 11 is 8.01. The second-order valence-electron chi connectivity index (χ2n) is 4.80. The number of hydrogen-bond donors (Lipinski definition) is 1. The van der Waals surface area contributed by atoms with E-state index < -0.39 is 0 Å². The van der Waals surface area contributed by atoms with Crippen molar-refractivity contribution in [2.24, 2.45) is 0 Å². The van der Waals surface area contributed by atoms with E-state index >= 15 is 0 Å². The van der Waals surface area contributed by atoms with Crippen molar-refractivity contribution in [2.45, 2.75) is 26.4 Å². The van der Waals surface area contributed by atoms with Crippen molar-refractivity contribution in [3.05, 3.63) is 45.2 Å². The molecule has 0 atom stereocenters. The topological polar surface area (TPSA) is 28.2 Å². The molecule has 2 rings (SSSR count). The van der Waals surface area contributed by atoms with Crippen LogP contribution in [-0.2, 0) is 13.1 Å². The molecule has 0 aliphatic carbocycles. The molecule has 0 bridgehead atoms. The summed E-state index contributed by atoms with van der Waals surface area (Å²) in [6, 6.07) is 8.07. The van der Waals surface area contributed by atoms with E-state index in [2.05, 4.69) is 46.7 Å². The molecule has 0 aliphatic heterocycles. The van der Waals surface area contributed by atoms with E-state index in [0.717, 1.165) is 42.6 Å². The molecular formula is C15H20ClN3S. The lowest BCUT2D eigenvalue weighted by Crippen LogP contribution is -2.18. The van der Waals surface area contributed by atoms with Crippen molar-refractivity contribution in [1.29, 1.82) is 0 Å². The largest absolute Gasteiger partial charge is 0.370 e. The average molecular weight is 310 g/mol. The van der Waals surface area contributed by atoms with Gasteiger partial charge in [0.15, 0.2) is 0 Å². The summed E-state index contributed by atoms with van der Waals surface area (Å²) in [5.74, 6) is 0.899. The monoisotopic (exact) mass is 309 g/mol. The SMILES string of the molecule is CCCNc1ccc(Cl)c(CN(C)Cc2cccs2)n1. The molecule has 2 aromatic heterocycles. The molecule has 0 radical (unpaired) electrons. The molecule has 20 heavy (non-hydrogen) atoms. The zero-order valence-corrected chi connectivity index (χ0v) is 13.5. The normalized spacial score (nSPS) is 11.0. The maximum Gasteiger partial charge on any atom is 0.126 e. The van der Waals surface area contributed by atoms with Gasteiger partial charge in [0, 0.05) is 24.5 Å². The van der Waals surface area contributed by atoms with Crippen LogP contribution in [0.2, 0.25) is 5.02 Å². The molecule has 0 aromatic carbocycles. The van der Waals surface area contributed by atoms with Crippen LogP contribution in [0.5, 0.6) is 0 Å². The first-order valence-corrected chi connectivity index (χ1v) is 8.05. The summed E-state index contributed by atoms with van der Waals surface area (Å²) in [6.07, 6.45) is 1.08. The highest BCUT2D eigenvalue weighted by molar-refractivity contribution is 7.09. The van der Waals surface area contributed by atoms with Gasteiger partial charge in [-0.3, -0.25) is 4.90 Å². The van der Waals surface area contributed by atoms with Gasteiger partial charge in [-0.15, -0.1) is 11.3 Å². The lowest BCUT2D eigenvalue weighted by molar-refractivity contribution is 0.318. The van der Waals surface area contributed by atoms with Gasteiger partial charge in [0.1, 0.15) is 5.82 Å². The first-order chi connectivity index (χ1) is 9.69. The molecule has 3 nitrogen and oxygen atoms in total. The molecule has 2 heterocycles. The van der Waals surface area contributed by atoms with Crippen LogP contribution in [0.4, 0.5) is 5.82 Å². The van der Waals surface area contributed by atoms with Gasteiger partial charge >= 0.3 is 0 Å². The molecule has 2 aromatic rings. The number of hydrogen-bond acceptors (Lipinski definition) is 4. The molecule has 108 valence electrons. The van der Waals surface area contributed by atoms with Crippen molar-refractivity contribution in [3.8, 4) is 0 Å². The molecule has 0 spiro atoms. The first kappa shape index (κ1) is 15.3. The molecule has 0 unspecified atom stereocenters. The second kappa shape index (κ2) is 7.62. The Morgan fingerprint density at radius 1 is 1.30 bits per heavy atom. The maximum atomic E-state index is 6.24. The fraction of sp³-hybridized carbons (Fsp3) is 0.400. The lowest BCUT2D eigenvalue weighted by Gasteiger charge is -2.16. The lowest BCUT2D eigenvalue weighted by atomic mass is 10.3. The third kappa shape index (κ3) is 4.47. The van der Waals surface area contributed by atoms with Crippen LogP contribution < -0.4 is 5.32 Å². The zero-order chi connectivity index (χ0) is 14.4. The van der Waals surface area contributed by atoms with E-state index in [1.165, 1.54) is 4.88 Å². The third-order valence-electron chi connectivity index (χ3n) is 2.90. The minimum Gasteiger partial charge on any atom is -0.370 e. The Kier molecular flexibility index (Phi) is 5.83. The van der Waals surface area contributed by atoms with Gasteiger partial charge in [0.05, 0.1) is 10.7 Å². The number of halogens is 1. The van der Waals surface area contributed by atoms with Crippen molar-refractivity contribution in [3.63, 3.8) is 0 Å². The highest BCUT2D eigenvalue weighted by atomic mass is 35.5. The Morgan fingerprint density at radius 3 is 2.85 bits per heavy atom. The summed E-state index contributed by atoms with van der Waals surface area (Å²) in [4.78, 5) is 8.17. The smallest absolute Gasteiger partial charge is 0.126 e. The molecule has 0 amide bonds. The van der Waals surface area contributed by atoms with Gasteiger partial charge in [-0.2, -0.15) is 0 Å². The molecule has 5 heteroatoms. The Hall–Kier alpha value is -1.10. The number of thiophene rings is 1. The summed E-state index contributed by atoms with van der Waals surface area (Å²) in [7, 11) is 2.09. The molecule has 0 aliphatic rings. The number of anilines is 1.